The van der Waals surface area contributed by atoms with Crippen molar-refractivity contribution in [2.45, 2.75) is 18.3 Å². The van der Waals surface area contributed by atoms with Crippen LogP contribution in [0.25, 0.3) is 6.08 Å². The van der Waals surface area contributed by atoms with Gasteiger partial charge in [-0.15, -0.1) is 10.2 Å². The minimum atomic E-state index is -1.04. The van der Waals surface area contributed by atoms with Crippen LogP contribution in [0.5, 0.6) is 0 Å². The quantitative estimate of drug-likeness (QED) is 0.849. The molecule has 1 aliphatic carbocycles. The van der Waals surface area contributed by atoms with E-state index in [-0.39, 0.29) is 11.3 Å². The lowest BCUT2D eigenvalue weighted by molar-refractivity contribution is -0.131. The minimum Gasteiger partial charge on any atom is -0.478 e. The predicted molar refractivity (Wildman–Crippen MR) is 67.4 cm³/mol. The highest BCUT2D eigenvalue weighted by molar-refractivity contribution is 5.84. The van der Waals surface area contributed by atoms with Gasteiger partial charge in [-0.1, -0.05) is 30.3 Å². The SMILES string of the molecule is O=C(O)/C=C/c1nnc(C2(c3ccccc3)CC2)o1. The van der Waals surface area contributed by atoms with Crippen molar-refractivity contribution >= 4 is 12.0 Å². The number of benzene rings is 1. The fourth-order valence-corrected chi connectivity index (χ4v) is 2.15. The van der Waals surface area contributed by atoms with Crippen LogP contribution in [-0.2, 0) is 10.2 Å². The molecule has 0 bridgehead atoms. The molecule has 19 heavy (non-hydrogen) atoms. The van der Waals surface area contributed by atoms with Gasteiger partial charge < -0.3 is 9.52 Å². The zero-order valence-corrected chi connectivity index (χ0v) is 10.1. The van der Waals surface area contributed by atoms with Crippen LogP contribution >= 0.6 is 0 Å². The first kappa shape index (κ1) is 11.6. The maximum absolute atomic E-state index is 10.4. The molecule has 0 spiro atoms. The van der Waals surface area contributed by atoms with Crippen LogP contribution in [0, 0.1) is 0 Å². The second-order valence-corrected chi connectivity index (χ2v) is 4.57. The Hall–Kier alpha value is -2.43. The molecule has 1 aromatic heterocycles. The van der Waals surface area contributed by atoms with Crippen molar-refractivity contribution in [2.75, 3.05) is 0 Å². The third-order valence-electron chi connectivity index (χ3n) is 3.29. The predicted octanol–water partition coefficient (Wildman–Crippen LogP) is 2.25. The lowest BCUT2D eigenvalue weighted by Gasteiger charge is -2.09. The van der Waals surface area contributed by atoms with Crippen molar-refractivity contribution in [3.8, 4) is 0 Å². The summed E-state index contributed by atoms with van der Waals surface area (Å²) in [4.78, 5) is 10.4. The molecule has 0 unspecified atom stereocenters. The van der Waals surface area contributed by atoms with Crippen molar-refractivity contribution in [1.29, 1.82) is 0 Å². The van der Waals surface area contributed by atoms with Gasteiger partial charge >= 0.3 is 5.97 Å². The fourth-order valence-electron chi connectivity index (χ4n) is 2.15. The Morgan fingerprint density at radius 2 is 2.00 bits per heavy atom. The molecule has 5 nitrogen and oxygen atoms in total. The standard InChI is InChI=1S/C14H12N2O3/c17-12(18)7-6-11-15-16-13(19-11)14(8-9-14)10-4-2-1-3-5-10/h1-7H,8-9H2,(H,17,18)/b7-6+. The zero-order chi connectivity index (χ0) is 13.3. The van der Waals surface area contributed by atoms with Gasteiger partial charge in [0.2, 0.25) is 11.8 Å². The molecular weight excluding hydrogens is 244 g/mol. The van der Waals surface area contributed by atoms with Crippen molar-refractivity contribution in [3.63, 3.8) is 0 Å². The van der Waals surface area contributed by atoms with E-state index in [9.17, 15) is 4.79 Å². The van der Waals surface area contributed by atoms with Gasteiger partial charge in [0.1, 0.15) is 0 Å². The molecule has 1 fully saturated rings. The Bertz CT molecular complexity index is 627. The van der Waals surface area contributed by atoms with Crippen LogP contribution in [0.2, 0.25) is 0 Å². The number of rotatable bonds is 4. The maximum atomic E-state index is 10.4. The lowest BCUT2D eigenvalue weighted by Crippen LogP contribution is -2.08. The molecule has 1 saturated carbocycles. The van der Waals surface area contributed by atoms with E-state index in [2.05, 4.69) is 10.2 Å². The molecular formula is C14H12N2O3. The molecule has 1 heterocycles. The summed E-state index contributed by atoms with van der Waals surface area (Å²) in [6, 6.07) is 10.0. The number of hydrogen-bond donors (Lipinski definition) is 1. The summed E-state index contributed by atoms with van der Waals surface area (Å²) < 4.78 is 5.54. The van der Waals surface area contributed by atoms with Crippen molar-refractivity contribution in [3.05, 3.63) is 53.8 Å². The highest BCUT2D eigenvalue weighted by Gasteiger charge is 2.50. The van der Waals surface area contributed by atoms with Gasteiger partial charge in [-0.2, -0.15) is 0 Å². The van der Waals surface area contributed by atoms with Gasteiger partial charge in [0.25, 0.3) is 0 Å². The van der Waals surface area contributed by atoms with Crippen LogP contribution in [0.15, 0.2) is 40.8 Å². The Kier molecular flexibility index (Phi) is 2.67. The Morgan fingerprint density at radius 3 is 2.63 bits per heavy atom. The van der Waals surface area contributed by atoms with E-state index in [1.807, 2.05) is 30.3 Å². The van der Waals surface area contributed by atoms with Gasteiger partial charge in [0.15, 0.2) is 0 Å². The second kappa shape index (κ2) is 4.35. The average molecular weight is 256 g/mol. The molecule has 1 N–H and O–H groups in total. The summed E-state index contributed by atoms with van der Waals surface area (Å²) in [7, 11) is 0. The lowest BCUT2D eigenvalue weighted by atomic mass is 9.96. The fraction of sp³-hybridized carbons (Fsp3) is 0.214. The van der Waals surface area contributed by atoms with Crippen LogP contribution in [0.3, 0.4) is 0 Å². The number of hydrogen-bond acceptors (Lipinski definition) is 4. The number of carbonyl (C=O) groups is 1. The number of aromatic nitrogens is 2. The smallest absolute Gasteiger partial charge is 0.328 e. The van der Waals surface area contributed by atoms with Crippen LogP contribution in [0.1, 0.15) is 30.2 Å². The number of nitrogens with zero attached hydrogens (tertiary/aromatic N) is 2. The van der Waals surface area contributed by atoms with Crippen molar-refractivity contribution in [2.24, 2.45) is 0 Å². The maximum Gasteiger partial charge on any atom is 0.328 e. The summed E-state index contributed by atoms with van der Waals surface area (Å²) in [5, 5.41) is 16.5. The van der Waals surface area contributed by atoms with Crippen LogP contribution in [0.4, 0.5) is 0 Å². The third-order valence-corrected chi connectivity index (χ3v) is 3.29. The Balaban J connectivity index is 1.89. The van der Waals surface area contributed by atoms with Crippen molar-refractivity contribution in [1.82, 2.24) is 10.2 Å². The first-order valence-electron chi connectivity index (χ1n) is 6.01. The van der Waals surface area contributed by atoms with E-state index >= 15 is 0 Å². The van der Waals surface area contributed by atoms with Gasteiger partial charge in [0, 0.05) is 12.2 Å². The topological polar surface area (TPSA) is 76.2 Å². The van der Waals surface area contributed by atoms with E-state index in [1.165, 1.54) is 6.08 Å². The zero-order valence-electron chi connectivity index (χ0n) is 10.1. The first-order valence-corrected chi connectivity index (χ1v) is 6.01. The number of carboxylic acids is 1. The van der Waals surface area contributed by atoms with E-state index < -0.39 is 5.97 Å². The van der Waals surface area contributed by atoms with E-state index in [4.69, 9.17) is 9.52 Å². The Labute approximate surface area is 109 Å². The average Bonchev–Trinajstić information content (AvgIpc) is 3.10. The van der Waals surface area contributed by atoms with Gasteiger partial charge in [0.05, 0.1) is 5.41 Å². The van der Waals surface area contributed by atoms with Gasteiger partial charge in [-0.05, 0) is 18.4 Å². The molecule has 1 aliphatic rings. The van der Waals surface area contributed by atoms with E-state index in [0.29, 0.717) is 5.89 Å². The first-order chi connectivity index (χ1) is 9.21. The van der Waals surface area contributed by atoms with Crippen molar-refractivity contribution < 1.29 is 14.3 Å². The number of carboxylic acid groups (broad SMARTS) is 1. The highest BCUT2D eigenvalue weighted by atomic mass is 16.4. The largest absolute Gasteiger partial charge is 0.478 e. The summed E-state index contributed by atoms with van der Waals surface area (Å²) in [6.45, 7) is 0. The molecule has 0 aliphatic heterocycles. The molecule has 0 amide bonds. The van der Waals surface area contributed by atoms with Gasteiger partial charge in [-0.3, -0.25) is 0 Å². The number of aliphatic carboxylic acids is 1. The molecule has 1 aromatic carbocycles. The second-order valence-electron chi connectivity index (χ2n) is 4.57. The molecule has 0 atom stereocenters. The molecule has 0 saturated heterocycles. The molecule has 96 valence electrons. The molecule has 0 radical (unpaired) electrons. The van der Waals surface area contributed by atoms with E-state index in [1.54, 1.807) is 0 Å². The highest BCUT2D eigenvalue weighted by Crippen LogP contribution is 2.52. The molecule has 2 aromatic rings. The van der Waals surface area contributed by atoms with Gasteiger partial charge in [-0.25, -0.2) is 4.79 Å². The third kappa shape index (κ3) is 2.14. The summed E-state index contributed by atoms with van der Waals surface area (Å²) in [5.74, 6) is -0.257. The van der Waals surface area contributed by atoms with E-state index in [0.717, 1.165) is 24.5 Å². The molecule has 3 rings (SSSR count). The van der Waals surface area contributed by atoms with Crippen LogP contribution < -0.4 is 0 Å². The molecule has 5 heteroatoms. The summed E-state index contributed by atoms with van der Waals surface area (Å²) >= 11 is 0. The summed E-state index contributed by atoms with van der Waals surface area (Å²) in [6.07, 6.45) is 4.24. The normalized spacial score (nSPS) is 16.6. The minimum absolute atomic E-state index is 0.177. The summed E-state index contributed by atoms with van der Waals surface area (Å²) in [5.41, 5.74) is 0.983. The monoisotopic (exact) mass is 256 g/mol. The Morgan fingerprint density at radius 1 is 1.26 bits per heavy atom. The van der Waals surface area contributed by atoms with Crippen LogP contribution in [-0.4, -0.2) is 21.3 Å².